The van der Waals surface area contributed by atoms with Crippen molar-refractivity contribution in [2.45, 2.75) is 6.92 Å². The first kappa shape index (κ1) is 23.3. The molecule has 8 heteroatoms. The summed E-state index contributed by atoms with van der Waals surface area (Å²) in [6.07, 6.45) is 0. The van der Waals surface area contributed by atoms with Crippen LogP contribution in [0.3, 0.4) is 0 Å². The number of fused-ring (bicyclic) bond motifs is 2. The van der Waals surface area contributed by atoms with Crippen molar-refractivity contribution in [3.8, 4) is 11.3 Å². The van der Waals surface area contributed by atoms with Gasteiger partial charge in [0.25, 0.3) is 5.91 Å². The van der Waals surface area contributed by atoms with Gasteiger partial charge in [0.1, 0.15) is 10.6 Å². The van der Waals surface area contributed by atoms with Crippen molar-refractivity contribution in [3.63, 3.8) is 0 Å². The molecule has 174 valence electrons. The van der Waals surface area contributed by atoms with Gasteiger partial charge in [-0.25, -0.2) is 9.78 Å². The topological polar surface area (TPSA) is 68.3 Å². The second kappa shape index (κ2) is 9.66. The number of anilines is 1. The van der Waals surface area contributed by atoms with E-state index < -0.39 is 5.97 Å². The van der Waals surface area contributed by atoms with Gasteiger partial charge in [-0.3, -0.25) is 4.79 Å². The highest BCUT2D eigenvalue weighted by Gasteiger charge is 2.23. The van der Waals surface area contributed by atoms with Crippen molar-refractivity contribution in [1.29, 1.82) is 0 Å². The van der Waals surface area contributed by atoms with Crippen LogP contribution in [-0.2, 0) is 4.74 Å². The van der Waals surface area contributed by atoms with Gasteiger partial charge in [-0.05, 0) is 37.3 Å². The molecule has 0 radical (unpaired) electrons. The van der Waals surface area contributed by atoms with Gasteiger partial charge < -0.3 is 10.1 Å². The van der Waals surface area contributed by atoms with Crippen molar-refractivity contribution < 1.29 is 14.3 Å². The number of nitrogens with one attached hydrogen (secondary N) is 1. The van der Waals surface area contributed by atoms with Gasteiger partial charge >= 0.3 is 5.97 Å². The smallest absolute Gasteiger partial charge is 0.341 e. The zero-order valence-corrected chi connectivity index (χ0v) is 20.8. The largest absolute Gasteiger partial charge is 0.462 e. The van der Waals surface area contributed by atoms with E-state index in [-0.39, 0.29) is 12.5 Å². The Morgan fingerprint density at radius 1 is 0.943 bits per heavy atom. The summed E-state index contributed by atoms with van der Waals surface area (Å²) in [6, 6.07) is 21.8. The van der Waals surface area contributed by atoms with Crippen LogP contribution in [0.2, 0.25) is 10.0 Å². The first-order chi connectivity index (χ1) is 17.0. The van der Waals surface area contributed by atoms with Crippen molar-refractivity contribution >= 4 is 72.4 Å². The summed E-state index contributed by atoms with van der Waals surface area (Å²) >= 11 is 13.6. The number of nitrogens with zero attached hydrogens (tertiary/aromatic N) is 1. The summed E-state index contributed by atoms with van der Waals surface area (Å²) in [5.74, 6) is -0.835. The highest BCUT2D eigenvalue weighted by molar-refractivity contribution is 7.23. The third-order valence-corrected chi connectivity index (χ3v) is 7.30. The fraction of sp³-hybridized carbons (Fsp3) is 0.0741. The Morgan fingerprint density at radius 3 is 2.46 bits per heavy atom. The van der Waals surface area contributed by atoms with Gasteiger partial charge in [0.15, 0.2) is 0 Å². The summed E-state index contributed by atoms with van der Waals surface area (Å²) in [7, 11) is 0. The molecular weight excluding hydrogens is 503 g/mol. The number of para-hydroxylation sites is 1. The maximum absolute atomic E-state index is 13.6. The molecule has 3 aromatic carbocycles. The Labute approximate surface area is 215 Å². The number of thiophene rings is 1. The van der Waals surface area contributed by atoms with Crippen LogP contribution in [0.5, 0.6) is 0 Å². The number of ether oxygens (including phenoxy) is 1. The summed E-state index contributed by atoms with van der Waals surface area (Å²) in [6.45, 7) is 1.98. The van der Waals surface area contributed by atoms with Crippen LogP contribution in [0.4, 0.5) is 5.00 Å². The number of hydrogen-bond acceptors (Lipinski definition) is 5. The minimum absolute atomic E-state index is 0.235. The lowest BCUT2D eigenvalue weighted by molar-refractivity contribution is 0.0530. The molecule has 0 fully saturated rings. The van der Waals surface area contributed by atoms with E-state index in [0.717, 1.165) is 15.6 Å². The fourth-order valence-corrected chi connectivity index (χ4v) is 5.26. The number of pyridine rings is 1. The van der Waals surface area contributed by atoms with Crippen LogP contribution in [0.25, 0.3) is 32.2 Å². The first-order valence-corrected chi connectivity index (χ1v) is 12.4. The van der Waals surface area contributed by atoms with E-state index in [2.05, 4.69) is 5.32 Å². The predicted molar refractivity (Wildman–Crippen MR) is 143 cm³/mol. The molecule has 0 atom stereocenters. The molecule has 0 aliphatic carbocycles. The molecule has 0 spiro atoms. The number of aromatic nitrogens is 1. The molecule has 5 aromatic rings. The van der Waals surface area contributed by atoms with E-state index in [1.54, 1.807) is 31.2 Å². The molecule has 5 rings (SSSR count). The first-order valence-electron chi connectivity index (χ1n) is 10.8. The van der Waals surface area contributed by atoms with Crippen LogP contribution in [0.15, 0.2) is 72.8 Å². The molecule has 2 heterocycles. The lowest BCUT2D eigenvalue weighted by Gasteiger charge is -2.11. The van der Waals surface area contributed by atoms with Crippen LogP contribution in [0.1, 0.15) is 27.6 Å². The van der Waals surface area contributed by atoms with E-state index in [4.69, 9.17) is 32.9 Å². The number of esters is 1. The second-order valence-corrected chi connectivity index (χ2v) is 9.54. The highest BCUT2D eigenvalue weighted by atomic mass is 35.5. The lowest BCUT2D eigenvalue weighted by atomic mass is 10.0. The van der Waals surface area contributed by atoms with Gasteiger partial charge in [0.05, 0.1) is 33.4 Å². The molecule has 0 unspecified atom stereocenters. The van der Waals surface area contributed by atoms with E-state index >= 15 is 0 Å². The maximum Gasteiger partial charge on any atom is 0.341 e. The van der Waals surface area contributed by atoms with E-state index in [9.17, 15) is 9.59 Å². The van der Waals surface area contributed by atoms with Gasteiger partial charge in [-0.15, -0.1) is 11.3 Å². The summed E-state index contributed by atoms with van der Waals surface area (Å²) in [5, 5.41) is 5.65. The Morgan fingerprint density at radius 2 is 1.69 bits per heavy atom. The minimum atomic E-state index is -0.476. The van der Waals surface area contributed by atoms with Crippen molar-refractivity contribution in [1.82, 2.24) is 4.98 Å². The zero-order valence-electron chi connectivity index (χ0n) is 18.5. The highest BCUT2D eigenvalue weighted by Crippen LogP contribution is 2.37. The number of amides is 1. The zero-order chi connectivity index (χ0) is 24.5. The number of halogens is 2. The SMILES string of the molecule is CCOC(=O)c1c(NC(=O)c2cc(-c3ccc(Cl)c(Cl)c3)nc3ccccc23)sc2ccccc12. The van der Waals surface area contributed by atoms with Gasteiger partial charge in [0, 0.05) is 21.0 Å². The molecule has 2 aromatic heterocycles. The molecule has 1 N–H and O–H groups in total. The molecule has 0 aliphatic heterocycles. The summed E-state index contributed by atoms with van der Waals surface area (Å²) in [5.41, 5.74) is 2.73. The Kier molecular flexibility index (Phi) is 6.43. The standard InChI is InChI=1S/C27H18Cl2N2O3S/c1-2-34-27(33)24-17-8-4-6-10-23(17)35-26(24)31-25(32)18-14-22(15-11-12-19(28)20(29)13-15)30-21-9-5-3-7-16(18)21/h3-14H,2H2,1H3,(H,31,32). The van der Waals surface area contributed by atoms with E-state index in [1.807, 2.05) is 48.5 Å². The number of rotatable bonds is 5. The normalized spacial score (nSPS) is 11.1. The monoisotopic (exact) mass is 520 g/mol. The van der Waals surface area contributed by atoms with E-state index in [1.165, 1.54) is 11.3 Å². The third kappa shape index (κ3) is 4.48. The molecule has 0 bridgehead atoms. The predicted octanol–water partition coefficient (Wildman–Crippen LogP) is 7.85. The van der Waals surface area contributed by atoms with Crippen LogP contribution < -0.4 is 5.32 Å². The molecule has 0 aliphatic rings. The minimum Gasteiger partial charge on any atom is -0.462 e. The summed E-state index contributed by atoms with van der Waals surface area (Å²) < 4.78 is 6.15. The average Bonchev–Trinajstić information content (AvgIpc) is 3.23. The number of carbonyl (C=O) groups excluding carboxylic acids is 2. The number of hydrogen-bond donors (Lipinski definition) is 1. The lowest BCUT2D eigenvalue weighted by Crippen LogP contribution is -2.15. The maximum atomic E-state index is 13.6. The summed E-state index contributed by atoms with van der Waals surface area (Å²) in [4.78, 5) is 31.1. The molecule has 35 heavy (non-hydrogen) atoms. The Bertz CT molecular complexity index is 1610. The van der Waals surface area contributed by atoms with Crippen molar-refractivity contribution in [2.24, 2.45) is 0 Å². The molecule has 0 saturated heterocycles. The molecule has 5 nitrogen and oxygen atoms in total. The number of carbonyl (C=O) groups is 2. The van der Waals surface area contributed by atoms with Crippen LogP contribution >= 0.6 is 34.5 Å². The van der Waals surface area contributed by atoms with Gasteiger partial charge in [-0.2, -0.15) is 0 Å². The van der Waals surface area contributed by atoms with Gasteiger partial charge in [-0.1, -0.05) is 65.7 Å². The Balaban J connectivity index is 1.61. The van der Waals surface area contributed by atoms with Crippen molar-refractivity contribution in [3.05, 3.63) is 94.0 Å². The van der Waals surface area contributed by atoms with Crippen LogP contribution in [-0.4, -0.2) is 23.5 Å². The third-order valence-electron chi connectivity index (χ3n) is 5.48. The van der Waals surface area contributed by atoms with E-state index in [0.29, 0.717) is 42.8 Å². The number of benzene rings is 3. The fourth-order valence-electron chi connectivity index (χ4n) is 3.88. The quantitative estimate of drug-likeness (QED) is 0.239. The Hall–Kier alpha value is -3.45. The molecular formula is C27H18Cl2N2O3S. The van der Waals surface area contributed by atoms with Crippen LogP contribution in [0, 0.1) is 0 Å². The molecule has 1 amide bonds. The van der Waals surface area contributed by atoms with Crippen molar-refractivity contribution in [2.75, 3.05) is 11.9 Å². The average molecular weight is 521 g/mol. The van der Waals surface area contributed by atoms with Gasteiger partial charge in [0.2, 0.25) is 0 Å². The molecule has 0 saturated carbocycles. The second-order valence-electron chi connectivity index (χ2n) is 7.68.